The van der Waals surface area contributed by atoms with E-state index >= 15 is 0 Å². The minimum Gasteiger partial charge on any atom is -0.398 e. The Bertz CT molecular complexity index is 737. The van der Waals surface area contributed by atoms with Crippen molar-refractivity contribution in [2.75, 3.05) is 5.73 Å². The molecule has 3 aromatic carbocycles. The standard InChI is InChI=1S/C14H11BIN/c15-13-10-6-5-8-3-1-2-4-9(8)11(10)7-12(16)14(13)17/h1-7H,15,17H2. The van der Waals surface area contributed by atoms with Crippen molar-refractivity contribution in [2.45, 2.75) is 0 Å². The van der Waals surface area contributed by atoms with E-state index in [1.54, 1.807) is 0 Å². The summed E-state index contributed by atoms with van der Waals surface area (Å²) in [6, 6.07) is 15.0. The molecule has 3 aromatic rings. The minimum atomic E-state index is 0.897. The molecule has 0 saturated carbocycles. The number of hydrogen-bond acceptors (Lipinski definition) is 1. The first-order valence-corrected chi connectivity index (χ1v) is 6.62. The zero-order valence-electron chi connectivity index (χ0n) is 9.50. The van der Waals surface area contributed by atoms with Gasteiger partial charge in [-0.1, -0.05) is 41.9 Å². The fourth-order valence-corrected chi connectivity index (χ4v) is 3.02. The maximum absolute atomic E-state index is 6.08. The van der Waals surface area contributed by atoms with Gasteiger partial charge < -0.3 is 5.73 Å². The van der Waals surface area contributed by atoms with Gasteiger partial charge in [-0.3, -0.25) is 0 Å². The lowest BCUT2D eigenvalue weighted by molar-refractivity contribution is 1.72. The van der Waals surface area contributed by atoms with Gasteiger partial charge in [0.25, 0.3) is 0 Å². The fourth-order valence-electron chi connectivity index (χ4n) is 2.31. The highest BCUT2D eigenvalue weighted by atomic mass is 127. The van der Waals surface area contributed by atoms with E-state index in [0.29, 0.717) is 0 Å². The normalized spacial score (nSPS) is 11.1. The van der Waals surface area contributed by atoms with Crippen LogP contribution in [0.2, 0.25) is 0 Å². The van der Waals surface area contributed by atoms with E-state index in [9.17, 15) is 0 Å². The van der Waals surface area contributed by atoms with Gasteiger partial charge in [-0.2, -0.15) is 0 Å². The van der Waals surface area contributed by atoms with Crippen molar-refractivity contribution < 1.29 is 0 Å². The van der Waals surface area contributed by atoms with Gasteiger partial charge in [0.1, 0.15) is 7.85 Å². The average Bonchev–Trinajstić information content (AvgIpc) is 2.36. The number of rotatable bonds is 0. The molecule has 0 bridgehead atoms. The second-order valence-corrected chi connectivity index (χ2v) is 5.44. The summed E-state index contributed by atoms with van der Waals surface area (Å²) in [6.07, 6.45) is 0. The van der Waals surface area contributed by atoms with Crippen molar-refractivity contribution in [3.8, 4) is 0 Å². The summed E-state index contributed by atoms with van der Waals surface area (Å²) in [6.45, 7) is 0. The predicted octanol–water partition coefficient (Wildman–Crippen LogP) is 2.44. The van der Waals surface area contributed by atoms with Crippen LogP contribution in [0, 0.1) is 3.57 Å². The van der Waals surface area contributed by atoms with Crippen molar-refractivity contribution >= 4 is 63.1 Å². The molecular weight excluding hydrogens is 320 g/mol. The molecule has 0 atom stereocenters. The molecule has 3 rings (SSSR count). The van der Waals surface area contributed by atoms with Gasteiger partial charge >= 0.3 is 0 Å². The van der Waals surface area contributed by atoms with Crippen LogP contribution in [0.25, 0.3) is 21.5 Å². The molecule has 0 aromatic heterocycles. The number of halogens is 1. The van der Waals surface area contributed by atoms with E-state index in [0.717, 1.165) is 9.26 Å². The van der Waals surface area contributed by atoms with Crippen LogP contribution in [0.1, 0.15) is 0 Å². The topological polar surface area (TPSA) is 26.0 Å². The Kier molecular flexibility index (Phi) is 2.51. The average molecular weight is 331 g/mol. The molecule has 0 heterocycles. The number of fused-ring (bicyclic) bond motifs is 3. The third kappa shape index (κ3) is 1.60. The highest BCUT2D eigenvalue weighted by molar-refractivity contribution is 14.1. The zero-order chi connectivity index (χ0) is 12.0. The van der Waals surface area contributed by atoms with Crippen LogP contribution in [0.4, 0.5) is 5.69 Å². The second-order valence-electron chi connectivity index (χ2n) is 4.28. The Hall–Kier alpha value is -1.23. The number of anilines is 1. The molecule has 0 spiro atoms. The van der Waals surface area contributed by atoms with E-state index in [-0.39, 0.29) is 0 Å². The van der Waals surface area contributed by atoms with Gasteiger partial charge in [-0.25, -0.2) is 0 Å². The van der Waals surface area contributed by atoms with Crippen molar-refractivity contribution in [1.29, 1.82) is 0 Å². The molecule has 0 unspecified atom stereocenters. The molecule has 0 saturated heterocycles. The maximum Gasteiger partial charge on any atom is 0.142 e. The smallest absolute Gasteiger partial charge is 0.142 e. The molecule has 82 valence electrons. The van der Waals surface area contributed by atoms with E-state index in [1.807, 2.05) is 0 Å². The Morgan fingerprint density at radius 2 is 1.71 bits per heavy atom. The first-order chi connectivity index (χ1) is 8.18. The van der Waals surface area contributed by atoms with E-state index in [2.05, 4.69) is 72.9 Å². The van der Waals surface area contributed by atoms with Crippen LogP contribution < -0.4 is 11.2 Å². The molecule has 0 aliphatic rings. The third-order valence-corrected chi connectivity index (χ3v) is 4.20. The van der Waals surface area contributed by atoms with Crippen LogP contribution >= 0.6 is 22.6 Å². The summed E-state index contributed by atoms with van der Waals surface area (Å²) in [5, 5.41) is 5.12. The Balaban J connectivity index is 2.59. The summed E-state index contributed by atoms with van der Waals surface area (Å²) in [7, 11) is 2.09. The number of nitrogen functional groups attached to an aromatic ring is 1. The van der Waals surface area contributed by atoms with Gasteiger partial charge in [-0.15, -0.1) is 0 Å². The fraction of sp³-hybridized carbons (Fsp3) is 0. The van der Waals surface area contributed by atoms with Gasteiger partial charge in [0, 0.05) is 9.26 Å². The highest BCUT2D eigenvalue weighted by Gasteiger charge is 2.07. The SMILES string of the molecule is Bc1c(N)c(I)cc2c1ccc1ccccc12. The molecule has 3 heteroatoms. The van der Waals surface area contributed by atoms with Crippen LogP contribution in [-0.4, -0.2) is 7.85 Å². The third-order valence-electron chi connectivity index (χ3n) is 3.31. The summed E-state index contributed by atoms with van der Waals surface area (Å²) < 4.78 is 1.13. The van der Waals surface area contributed by atoms with Gasteiger partial charge in [-0.05, 0) is 50.2 Å². The van der Waals surface area contributed by atoms with Crippen LogP contribution in [0.15, 0.2) is 42.5 Å². The molecule has 2 N–H and O–H groups in total. The second kappa shape index (κ2) is 3.91. The lowest BCUT2D eigenvalue weighted by atomic mass is 9.87. The zero-order valence-corrected chi connectivity index (χ0v) is 11.7. The van der Waals surface area contributed by atoms with Crippen LogP contribution in [0.3, 0.4) is 0 Å². The number of nitrogens with two attached hydrogens (primary N) is 1. The molecule has 17 heavy (non-hydrogen) atoms. The number of hydrogen-bond donors (Lipinski definition) is 1. The monoisotopic (exact) mass is 331 g/mol. The van der Waals surface area contributed by atoms with Crippen molar-refractivity contribution in [3.05, 3.63) is 46.0 Å². The van der Waals surface area contributed by atoms with E-state index in [4.69, 9.17) is 5.73 Å². The first kappa shape index (κ1) is 10.9. The maximum atomic E-state index is 6.08. The first-order valence-electron chi connectivity index (χ1n) is 5.54. The predicted molar refractivity (Wildman–Crippen MR) is 86.8 cm³/mol. The lowest BCUT2D eigenvalue weighted by Gasteiger charge is -2.10. The van der Waals surface area contributed by atoms with E-state index < -0.39 is 0 Å². The van der Waals surface area contributed by atoms with Crippen molar-refractivity contribution in [3.63, 3.8) is 0 Å². The molecule has 0 fully saturated rings. The molecule has 0 radical (unpaired) electrons. The number of benzene rings is 3. The lowest BCUT2D eigenvalue weighted by Crippen LogP contribution is -2.12. The molecular formula is C14H11BIN. The van der Waals surface area contributed by atoms with Crippen LogP contribution in [0.5, 0.6) is 0 Å². The largest absolute Gasteiger partial charge is 0.398 e. The van der Waals surface area contributed by atoms with Gasteiger partial charge in [0.2, 0.25) is 0 Å². The molecule has 0 aliphatic heterocycles. The summed E-state index contributed by atoms with van der Waals surface area (Å²) >= 11 is 2.31. The summed E-state index contributed by atoms with van der Waals surface area (Å²) in [5.41, 5.74) is 8.16. The Morgan fingerprint density at radius 1 is 0.941 bits per heavy atom. The molecule has 1 nitrogen and oxygen atoms in total. The Morgan fingerprint density at radius 3 is 2.53 bits per heavy atom. The quantitative estimate of drug-likeness (QED) is 0.291. The summed E-state index contributed by atoms with van der Waals surface area (Å²) in [4.78, 5) is 0. The summed E-state index contributed by atoms with van der Waals surface area (Å²) in [5.74, 6) is 0. The van der Waals surface area contributed by atoms with Crippen LogP contribution in [-0.2, 0) is 0 Å². The highest BCUT2D eigenvalue weighted by Crippen LogP contribution is 2.27. The van der Waals surface area contributed by atoms with Gasteiger partial charge in [0.15, 0.2) is 0 Å². The Labute approximate surface area is 115 Å². The van der Waals surface area contributed by atoms with E-state index in [1.165, 1.54) is 27.0 Å². The van der Waals surface area contributed by atoms with Crippen molar-refractivity contribution in [1.82, 2.24) is 0 Å². The molecule has 0 aliphatic carbocycles. The molecule has 0 amide bonds. The van der Waals surface area contributed by atoms with Crippen molar-refractivity contribution in [2.24, 2.45) is 0 Å². The van der Waals surface area contributed by atoms with Gasteiger partial charge in [0.05, 0.1) is 0 Å². The minimum absolute atomic E-state index is 0.897.